The van der Waals surface area contributed by atoms with Crippen LogP contribution >= 0.6 is 0 Å². The molecule has 0 unspecified atom stereocenters. The molecule has 6 nitrogen and oxygen atoms in total. The summed E-state index contributed by atoms with van der Waals surface area (Å²) < 4.78 is 16.9. The van der Waals surface area contributed by atoms with E-state index in [1.54, 1.807) is 0 Å². The van der Waals surface area contributed by atoms with Crippen LogP contribution in [0.5, 0.6) is 5.75 Å². The summed E-state index contributed by atoms with van der Waals surface area (Å²) in [6.07, 6.45) is 7.02. The van der Waals surface area contributed by atoms with E-state index in [0.29, 0.717) is 44.3 Å². The molecule has 0 N–H and O–H groups in total. The molecule has 2 heterocycles. The minimum atomic E-state index is -0.341. The number of hydrogen-bond donors (Lipinski definition) is 0. The van der Waals surface area contributed by atoms with Crippen molar-refractivity contribution in [3.8, 4) is 5.75 Å². The summed E-state index contributed by atoms with van der Waals surface area (Å²) in [4.78, 5) is 26.3. The first-order valence-corrected chi connectivity index (χ1v) is 10.7. The molecule has 0 atom stereocenters. The quantitative estimate of drug-likeness (QED) is 0.557. The third-order valence-electron chi connectivity index (χ3n) is 6.10. The number of benzene rings is 1. The van der Waals surface area contributed by atoms with Crippen LogP contribution in [0.2, 0.25) is 0 Å². The fourth-order valence-electron chi connectivity index (χ4n) is 4.61. The molecule has 2 aliphatic rings. The summed E-state index contributed by atoms with van der Waals surface area (Å²) in [5, 5.41) is 0.913. The Kier molecular flexibility index (Phi) is 5.90. The van der Waals surface area contributed by atoms with Gasteiger partial charge in [-0.3, -0.25) is 9.69 Å². The third-order valence-corrected chi connectivity index (χ3v) is 6.10. The lowest BCUT2D eigenvalue weighted by Crippen LogP contribution is -2.41. The molecule has 0 amide bonds. The zero-order valence-corrected chi connectivity index (χ0v) is 17.3. The predicted molar refractivity (Wildman–Crippen MR) is 110 cm³/mol. The van der Waals surface area contributed by atoms with Gasteiger partial charge in [0.05, 0.1) is 12.2 Å². The molecule has 6 heteroatoms. The molecule has 0 radical (unpaired) electrons. The SMILES string of the molecule is CCOC(=O)CCc1cc2c(C)cc(=O)oc2c2c1OCN(C1CCCCC1)C2. The maximum atomic E-state index is 12.1. The van der Waals surface area contributed by atoms with Gasteiger partial charge in [-0.1, -0.05) is 19.3 Å². The molecule has 29 heavy (non-hydrogen) atoms. The molecule has 4 rings (SSSR count). The molecule has 0 spiro atoms. The predicted octanol–water partition coefficient (Wildman–Crippen LogP) is 4.08. The second kappa shape index (κ2) is 8.57. The Hall–Kier alpha value is -2.34. The Labute approximate surface area is 170 Å². The largest absolute Gasteiger partial charge is 0.477 e. The topological polar surface area (TPSA) is 69.0 Å². The van der Waals surface area contributed by atoms with Crippen molar-refractivity contribution in [3.05, 3.63) is 39.2 Å². The highest BCUT2D eigenvalue weighted by Gasteiger charge is 2.30. The highest BCUT2D eigenvalue weighted by Crippen LogP contribution is 2.38. The number of ether oxygens (including phenoxy) is 2. The van der Waals surface area contributed by atoms with E-state index >= 15 is 0 Å². The average molecular weight is 399 g/mol. The van der Waals surface area contributed by atoms with Crippen LogP contribution in [0.25, 0.3) is 11.0 Å². The van der Waals surface area contributed by atoms with Crippen LogP contribution in [-0.2, 0) is 22.5 Å². The minimum Gasteiger partial charge on any atom is -0.477 e. The first-order valence-electron chi connectivity index (χ1n) is 10.7. The molecule has 156 valence electrons. The van der Waals surface area contributed by atoms with Crippen LogP contribution in [0.15, 0.2) is 21.3 Å². The van der Waals surface area contributed by atoms with Gasteiger partial charge in [0.25, 0.3) is 0 Å². The lowest BCUT2D eigenvalue weighted by molar-refractivity contribution is -0.143. The van der Waals surface area contributed by atoms with E-state index in [1.165, 1.54) is 38.2 Å². The summed E-state index contributed by atoms with van der Waals surface area (Å²) in [5.41, 5.74) is 3.06. The Morgan fingerprint density at radius 3 is 2.79 bits per heavy atom. The Balaban J connectivity index is 1.72. The van der Waals surface area contributed by atoms with Gasteiger partial charge in [0.2, 0.25) is 0 Å². The van der Waals surface area contributed by atoms with E-state index in [9.17, 15) is 9.59 Å². The molecule has 1 aromatic carbocycles. The molecule has 2 aromatic rings. The van der Waals surface area contributed by atoms with Crippen molar-refractivity contribution >= 4 is 16.9 Å². The van der Waals surface area contributed by atoms with Crippen molar-refractivity contribution in [2.75, 3.05) is 13.3 Å². The van der Waals surface area contributed by atoms with E-state index in [2.05, 4.69) is 4.90 Å². The summed E-state index contributed by atoms with van der Waals surface area (Å²) >= 11 is 0. The van der Waals surface area contributed by atoms with Gasteiger partial charge in [-0.15, -0.1) is 0 Å². The summed E-state index contributed by atoms with van der Waals surface area (Å²) in [6, 6.07) is 4.03. The molecule has 1 fully saturated rings. The minimum absolute atomic E-state index is 0.211. The van der Waals surface area contributed by atoms with Gasteiger partial charge in [-0.05, 0) is 50.3 Å². The number of hydrogen-bond acceptors (Lipinski definition) is 6. The zero-order chi connectivity index (χ0) is 20.4. The Bertz CT molecular complexity index is 958. The molecule has 0 saturated heterocycles. The van der Waals surface area contributed by atoms with Gasteiger partial charge >= 0.3 is 11.6 Å². The average Bonchev–Trinajstić information content (AvgIpc) is 2.73. The fourth-order valence-corrected chi connectivity index (χ4v) is 4.61. The van der Waals surface area contributed by atoms with E-state index < -0.39 is 0 Å². The van der Waals surface area contributed by atoms with Gasteiger partial charge in [0.1, 0.15) is 18.1 Å². The van der Waals surface area contributed by atoms with Gasteiger partial charge in [0, 0.05) is 30.5 Å². The Morgan fingerprint density at radius 1 is 1.24 bits per heavy atom. The van der Waals surface area contributed by atoms with Crippen LogP contribution in [0.1, 0.15) is 62.1 Å². The number of carbonyl (C=O) groups excluding carboxylic acids is 1. The number of carbonyl (C=O) groups is 1. The van der Waals surface area contributed by atoms with E-state index in [4.69, 9.17) is 13.9 Å². The Morgan fingerprint density at radius 2 is 2.03 bits per heavy atom. The summed E-state index contributed by atoms with van der Waals surface area (Å²) in [6.45, 7) is 5.35. The lowest BCUT2D eigenvalue weighted by Gasteiger charge is -2.38. The molecular formula is C23H29NO5. The van der Waals surface area contributed by atoms with Crippen molar-refractivity contribution < 1.29 is 18.7 Å². The van der Waals surface area contributed by atoms with E-state index in [1.807, 2.05) is 19.9 Å². The van der Waals surface area contributed by atoms with Gasteiger partial charge < -0.3 is 13.9 Å². The van der Waals surface area contributed by atoms with Crippen LogP contribution < -0.4 is 10.4 Å². The third kappa shape index (κ3) is 4.17. The monoisotopic (exact) mass is 399 g/mol. The van der Waals surface area contributed by atoms with Crippen LogP contribution in [-0.4, -0.2) is 30.2 Å². The summed E-state index contributed by atoms with van der Waals surface area (Å²) in [7, 11) is 0. The number of rotatable bonds is 5. The van der Waals surface area contributed by atoms with Crippen molar-refractivity contribution in [1.29, 1.82) is 0 Å². The normalized spacial score (nSPS) is 17.7. The molecule has 1 saturated carbocycles. The standard InChI is InChI=1S/C23H29NO5/c1-3-27-20(25)10-9-16-12-18-15(2)11-21(26)29-23(18)19-13-24(14-28-22(16)19)17-7-5-4-6-8-17/h11-12,17H,3-10,13-14H2,1-2H3. The molecule has 1 aliphatic carbocycles. The molecule has 1 aliphatic heterocycles. The summed E-state index contributed by atoms with van der Waals surface area (Å²) in [5.74, 6) is 0.555. The van der Waals surface area contributed by atoms with Crippen molar-refractivity contribution in [2.24, 2.45) is 0 Å². The van der Waals surface area contributed by atoms with E-state index in [-0.39, 0.29) is 11.6 Å². The number of fused-ring (bicyclic) bond motifs is 3. The second-order valence-electron chi connectivity index (χ2n) is 8.09. The number of aryl methyl sites for hydroxylation is 2. The fraction of sp³-hybridized carbons (Fsp3) is 0.565. The maximum Gasteiger partial charge on any atom is 0.336 e. The zero-order valence-electron chi connectivity index (χ0n) is 17.3. The van der Waals surface area contributed by atoms with Gasteiger partial charge in [-0.25, -0.2) is 4.79 Å². The van der Waals surface area contributed by atoms with Crippen molar-refractivity contribution in [1.82, 2.24) is 4.90 Å². The van der Waals surface area contributed by atoms with E-state index in [0.717, 1.165) is 27.8 Å². The maximum absolute atomic E-state index is 12.1. The highest BCUT2D eigenvalue weighted by molar-refractivity contribution is 5.86. The number of esters is 1. The van der Waals surface area contributed by atoms with Crippen molar-refractivity contribution in [2.45, 2.75) is 71.4 Å². The van der Waals surface area contributed by atoms with Gasteiger partial charge in [-0.2, -0.15) is 0 Å². The van der Waals surface area contributed by atoms with Gasteiger partial charge in [0.15, 0.2) is 0 Å². The first kappa shape index (κ1) is 20.0. The number of nitrogens with zero attached hydrogens (tertiary/aromatic N) is 1. The smallest absolute Gasteiger partial charge is 0.336 e. The van der Waals surface area contributed by atoms with Crippen LogP contribution in [0.4, 0.5) is 0 Å². The molecule has 0 bridgehead atoms. The first-order chi connectivity index (χ1) is 14.1. The lowest BCUT2D eigenvalue weighted by atomic mass is 9.92. The van der Waals surface area contributed by atoms with Crippen LogP contribution in [0, 0.1) is 6.92 Å². The molecule has 1 aromatic heterocycles. The van der Waals surface area contributed by atoms with Crippen LogP contribution in [0.3, 0.4) is 0 Å². The van der Waals surface area contributed by atoms with Crippen molar-refractivity contribution in [3.63, 3.8) is 0 Å². The molecular weight excluding hydrogens is 370 g/mol. The highest BCUT2D eigenvalue weighted by atomic mass is 16.5. The second-order valence-corrected chi connectivity index (χ2v) is 8.09.